The van der Waals surface area contributed by atoms with E-state index in [2.05, 4.69) is 36.2 Å². The van der Waals surface area contributed by atoms with Crippen LogP contribution in [0.4, 0.5) is 5.69 Å². The fourth-order valence-corrected chi connectivity index (χ4v) is 6.01. The largest absolute Gasteiger partial charge is 0.457 e. The van der Waals surface area contributed by atoms with Crippen molar-refractivity contribution in [3.63, 3.8) is 0 Å². The Hall–Kier alpha value is -3.83. The highest BCUT2D eigenvalue weighted by Crippen LogP contribution is 2.46. The number of ether oxygens (including phenoxy) is 1. The number of nitrogens with zero attached hydrogens (tertiary/aromatic N) is 1. The van der Waals surface area contributed by atoms with Gasteiger partial charge in [0.2, 0.25) is 0 Å². The van der Waals surface area contributed by atoms with Gasteiger partial charge in [-0.25, -0.2) is 4.79 Å². The van der Waals surface area contributed by atoms with E-state index in [-0.39, 0.29) is 18.3 Å². The van der Waals surface area contributed by atoms with Gasteiger partial charge in [0, 0.05) is 53.1 Å². The highest BCUT2D eigenvalue weighted by Gasteiger charge is 2.41. The van der Waals surface area contributed by atoms with Crippen molar-refractivity contribution in [2.24, 2.45) is 0 Å². The van der Waals surface area contributed by atoms with E-state index in [0.717, 1.165) is 46.9 Å². The van der Waals surface area contributed by atoms with Crippen LogP contribution in [0.5, 0.6) is 0 Å². The lowest BCUT2D eigenvalue weighted by Gasteiger charge is -2.37. The number of Topliss-reactive ketones (excluding diaryl/α,β-unsaturated/α-hetero) is 1. The van der Waals surface area contributed by atoms with Gasteiger partial charge in [-0.2, -0.15) is 0 Å². The third-order valence-electron chi connectivity index (χ3n) is 7.96. The zero-order chi connectivity index (χ0) is 28.2. The number of esters is 1. The van der Waals surface area contributed by atoms with Crippen LogP contribution in [0.15, 0.2) is 101 Å². The Bertz CT molecular complexity index is 1440. The van der Waals surface area contributed by atoms with E-state index in [4.69, 9.17) is 16.3 Å². The summed E-state index contributed by atoms with van der Waals surface area (Å²) >= 11 is 6.11. The summed E-state index contributed by atoms with van der Waals surface area (Å²) in [6, 6.07) is 25.6. The molecule has 0 saturated heterocycles. The van der Waals surface area contributed by atoms with Gasteiger partial charge in [0.15, 0.2) is 5.78 Å². The highest BCUT2D eigenvalue weighted by atomic mass is 35.5. The molecule has 0 saturated carbocycles. The van der Waals surface area contributed by atoms with Crippen LogP contribution in [0.1, 0.15) is 62.1 Å². The average Bonchev–Trinajstić information content (AvgIpc) is 2.97. The summed E-state index contributed by atoms with van der Waals surface area (Å²) in [5.41, 5.74) is 6.78. The molecule has 1 N–H and O–H groups in total. The number of halogens is 1. The first-order valence-electron chi connectivity index (χ1n) is 13.9. The van der Waals surface area contributed by atoms with E-state index in [1.807, 2.05) is 73.7 Å². The van der Waals surface area contributed by atoms with Crippen molar-refractivity contribution in [1.82, 2.24) is 5.32 Å². The lowest BCUT2D eigenvalue weighted by atomic mass is 9.71. The Labute approximate surface area is 241 Å². The molecule has 0 fully saturated rings. The predicted octanol–water partition coefficient (Wildman–Crippen LogP) is 7.29. The van der Waals surface area contributed by atoms with Crippen molar-refractivity contribution in [1.29, 1.82) is 0 Å². The molecule has 206 valence electrons. The number of anilines is 1. The van der Waals surface area contributed by atoms with E-state index >= 15 is 0 Å². The van der Waals surface area contributed by atoms with Gasteiger partial charge < -0.3 is 15.0 Å². The van der Waals surface area contributed by atoms with Crippen molar-refractivity contribution in [3.8, 4) is 0 Å². The van der Waals surface area contributed by atoms with Gasteiger partial charge in [-0.05, 0) is 74.1 Å². The number of dihydropyridines is 1. The van der Waals surface area contributed by atoms with Gasteiger partial charge in [0.1, 0.15) is 6.61 Å². The van der Waals surface area contributed by atoms with Gasteiger partial charge in [0.05, 0.1) is 5.57 Å². The van der Waals surface area contributed by atoms with Crippen LogP contribution in [-0.2, 0) is 20.9 Å². The Kier molecular flexibility index (Phi) is 8.41. The first-order valence-corrected chi connectivity index (χ1v) is 14.3. The summed E-state index contributed by atoms with van der Waals surface area (Å²) in [7, 11) is 0. The third kappa shape index (κ3) is 5.71. The maximum atomic E-state index is 13.9. The van der Waals surface area contributed by atoms with E-state index < -0.39 is 11.9 Å². The summed E-state index contributed by atoms with van der Waals surface area (Å²) in [6.45, 7) is 8.13. The smallest absolute Gasteiger partial charge is 0.337 e. The molecular formula is C34H35ClN2O3. The summed E-state index contributed by atoms with van der Waals surface area (Å²) in [4.78, 5) is 29.8. The van der Waals surface area contributed by atoms with Crippen LogP contribution >= 0.6 is 11.6 Å². The van der Waals surface area contributed by atoms with Gasteiger partial charge in [-0.3, -0.25) is 4.79 Å². The lowest BCUT2D eigenvalue weighted by Crippen LogP contribution is -2.36. The molecule has 0 amide bonds. The maximum absolute atomic E-state index is 13.9. The van der Waals surface area contributed by atoms with Crippen LogP contribution in [0.2, 0.25) is 5.02 Å². The summed E-state index contributed by atoms with van der Waals surface area (Å²) in [6.07, 6.45) is 1.06. The fourth-order valence-electron chi connectivity index (χ4n) is 5.88. The molecule has 1 heterocycles. The molecule has 1 aliphatic heterocycles. The molecule has 0 spiro atoms. The van der Waals surface area contributed by atoms with Crippen LogP contribution < -0.4 is 10.2 Å². The minimum atomic E-state index is -0.496. The molecule has 0 unspecified atom stereocenters. The van der Waals surface area contributed by atoms with Gasteiger partial charge in [0.25, 0.3) is 0 Å². The topological polar surface area (TPSA) is 58.6 Å². The number of hydrogen-bond acceptors (Lipinski definition) is 5. The Morgan fingerprint density at radius 2 is 1.57 bits per heavy atom. The minimum Gasteiger partial charge on any atom is -0.457 e. The SMILES string of the molecule is CCN(CC)c1ccc([C@@H]2C(C(=O)OCc3ccccc3)=C(C)NC3=C2C(=O)C[C@H](c2ccc(Cl)cc2)C3)cc1. The number of ketones is 1. The van der Waals surface area contributed by atoms with Gasteiger partial charge in [-0.1, -0.05) is 66.2 Å². The second-order valence-corrected chi connectivity index (χ2v) is 10.8. The molecule has 0 radical (unpaired) electrons. The monoisotopic (exact) mass is 554 g/mol. The number of carbonyl (C=O) groups excluding carboxylic acids is 2. The number of hydrogen-bond donors (Lipinski definition) is 1. The minimum absolute atomic E-state index is 0.0427. The van der Waals surface area contributed by atoms with Crippen LogP contribution in [-0.4, -0.2) is 24.8 Å². The Morgan fingerprint density at radius 3 is 2.23 bits per heavy atom. The number of rotatable bonds is 8. The molecule has 2 atom stereocenters. The summed E-state index contributed by atoms with van der Waals surface area (Å²) in [5.74, 6) is -0.816. The second kappa shape index (κ2) is 12.1. The molecule has 40 heavy (non-hydrogen) atoms. The zero-order valence-corrected chi connectivity index (χ0v) is 24.0. The molecule has 5 rings (SSSR count). The first-order chi connectivity index (χ1) is 19.4. The summed E-state index contributed by atoms with van der Waals surface area (Å²) < 4.78 is 5.81. The zero-order valence-electron chi connectivity index (χ0n) is 23.2. The van der Waals surface area contributed by atoms with E-state index in [9.17, 15) is 9.59 Å². The molecule has 3 aromatic rings. The number of carbonyl (C=O) groups is 2. The maximum Gasteiger partial charge on any atom is 0.337 e. The van der Waals surface area contributed by atoms with Crippen LogP contribution in [0.3, 0.4) is 0 Å². The molecular weight excluding hydrogens is 520 g/mol. The van der Waals surface area contributed by atoms with Crippen molar-refractivity contribution < 1.29 is 14.3 Å². The predicted molar refractivity (Wildman–Crippen MR) is 160 cm³/mol. The molecule has 3 aromatic carbocycles. The van der Waals surface area contributed by atoms with E-state index in [1.165, 1.54) is 0 Å². The van der Waals surface area contributed by atoms with Crippen LogP contribution in [0, 0.1) is 0 Å². The van der Waals surface area contributed by atoms with Gasteiger partial charge >= 0.3 is 5.97 Å². The number of nitrogens with one attached hydrogen (secondary N) is 1. The molecule has 1 aliphatic carbocycles. The van der Waals surface area contributed by atoms with Crippen LogP contribution in [0.25, 0.3) is 0 Å². The average molecular weight is 555 g/mol. The lowest BCUT2D eigenvalue weighted by molar-refractivity contribution is -0.140. The molecule has 2 aliphatic rings. The van der Waals surface area contributed by atoms with Gasteiger partial charge in [-0.15, -0.1) is 0 Å². The van der Waals surface area contributed by atoms with Crippen molar-refractivity contribution >= 4 is 29.0 Å². The van der Waals surface area contributed by atoms with Crippen molar-refractivity contribution in [2.45, 2.75) is 52.1 Å². The number of allylic oxidation sites excluding steroid dienone is 3. The van der Waals surface area contributed by atoms with E-state index in [1.54, 1.807) is 0 Å². The molecule has 6 heteroatoms. The third-order valence-corrected chi connectivity index (χ3v) is 8.21. The molecule has 0 bridgehead atoms. The Balaban J connectivity index is 1.51. The number of benzene rings is 3. The standard InChI is InChI=1S/C34H35ClN2O3/c1-4-37(5-2)28-17-13-25(14-18-28)32-31(34(39)40-21-23-9-7-6-8-10-23)22(3)36-29-19-26(20-30(38)33(29)32)24-11-15-27(35)16-12-24/h6-18,26,32,36H,4-5,19-21H2,1-3H3/t26-,32-/m1/s1. The van der Waals surface area contributed by atoms with E-state index in [0.29, 0.717) is 29.0 Å². The van der Waals surface area contributed by atoms with Crippen molar-refractivity contribution in [3.05, 3.63) is 123 Å². The van der Waals surface area contributed by atoms with Crippen molar-refractivity contribution in [2.75, 3.05) is 18.0 Å². The Morgan fingerprint density at radius 1 is 0.925 bits per heavy atom. The molecule has 5 nitrogen and oxygen atoms in total. The normalized spacial score (nSPS) is 18.8. The highest BCUT2D eigenvalue weighted by molar-refractivity contribution is 6.30. The fraction of sp³-hybridized carbons (Fsp3) is 0.294. The first kappa shape index (κ1) is 27.7. The second-order valence-electron chi connectivity index (χ2n) is 10.4. The molecule has 0 aromatic heterocycles. The summed E-state index contributed by atoms with van der Waals surface area (Å²) in [5, 5.41) is 4.11. The quantitative estimate of drug-likeness (QED) is 0.296.